The first-order valence-electron chi connectivity index (χ1n) is 6.45. The Balaban J connectivity index is 3.85. The van der Waals surface area contributed by atoms with E-state index in [-0.39, 0.29) is 0 Å². The fourth-order valence-electron chi connectivity index (χ4n) is 0.671. The fourth-order valence-corrected chi connectivity index (χ4v) is 1.05. The van der Waals surface area contributed by atoms with Gasteiger partial charge in [0.25, 0.3) is 0 Å². The van der Waals surface area contributed by atoms with Crippen molar-refractivity contribution < 1.29 is 22.8 Å². The Morgan fingerprint density at radius 2 is 2.23 bits per heavy atom. The van der Waals surface area contributed by atoms with Gasteiger partial charge in [-0.3, -0.25) is 0 Å². The number of halogens is 4. The smallest absolute Gasteiger partial charge is 0.248 e. The van der Waals surface area contributed by atoms with Crippen LogP contribution in [-0.4, -0.2) is 4.98 Å². The molecule has 1 aromatic rings. The summed E-state index contributed by atoms with van der Waals surface area (Å²) in [5.41, 5.74) is -4.15. The molecule has 0 N–H and O–H groups in total. The van der Waals surface area contributed by atoms with E-state index in [1.807, 2.05) is 0 Å². The lowest BCUT2D eigenvalue weighted by atomic mass is 10.2. The first-order chi connectivity index (χ1) is 8.67. The van der Waals surface area contributed by atoms with Crippen molar-refractivity contribution in [2.24, 2.45) is 0 Å². The molecular weight excluding hydrogens is 247 g/mol. The summed E-state index contributed by atoms with van der Waals surface area (Å²) >= 11 is 2.57. The number of nitrogens with zero attached hydrogens (tertiary/aromatic N) is 1. The van der Waals surface area contributed by atoms with Gasteiger partial charge in [0.1, 0.15) is 5.69 Å². The Bertz CT molecular complexity index is 535. The maximum Gasteiger partial charge on any atom is 0.433 e. The summed E-state index contributed by atoms with van der Waals surface area (Å²) in [6.45, 7) is -6.26. The standard InChI is InChI=1S/C8H7BrF3N/c1-4-3-6(9)5(2)7(13-4)8(10,11)12/h3H,1-2H3/i1D3,2D3,3D. The molecule has 13 heavy (non-hydrogen) atoms. The van der Waals surface area contributed by atoms with Gasteiger partial charge in [0, 0.05) is 18.4 Å². The molecule has 0 aliphatic heterocycles. The lowest BCUT2D eigenvalue weighted by Gasteiger charge is -2.10. The highest BCUT2D eigenvalue weighted by molar-refractivity contribution is 9.10. The third-order valence-corrected chi connectivity index (χ3v) is 1.77. The molecule has 1 heterocycles. The van der Waals surface area contributed by atoms with Crippen LogP contribution in [0.25, 0.3) is 0 Å². The molecule has 0 spiro atoms. The fraction of sp³-hybridized carbons (Fsp3) is 0.375. The van der Waals surface area contributed by atoms with Gasteiger partial charge < -0.3 is 0 Å². The van der Waals surface area contributed by atoms with Crippen LogP contribution < -0.4 is 0 Å². The SMILES string of the molecule is [2H]c1c(C([2H])([2H])[2H])nc(C(F)(F)F)c(C([2H])([2H])[2H])c1Br. The average Bonchev–Trinajstić information content (AvgIpc) is 2.15. The number of pyridine rings is 1. The molecule has 1 nitrogen and oxygen atoms in total. The normalized spacial score (nSPS) is 21.7. The van der Waals surface area contributed by atoms with Gasteiger partial charge in [-0.15, -0.1) is 0 Å². The number of rotatable bonds is 0. The second kappa shape index (κ2) is 3.29. The van der Waals surface area contributed by atoms with E-state index in [9.17, 15) is 13.2 Å². The van der Waals surface area contributed by atoms with E-state index in [4.69, 9.17) is 9.60 Å². The van der Waals surface area contributed by atoms with Crippen LogP contribution in [0.15, 0.2) is 10.5 Å². The molecule has 0 saturated heterocycles. The number of aromatic nitrogens is 1. The molecule has 0 saturated carbocycles. The van der Waals surface area contributed by atoms with Crippen LogP contribution in [0, 0.1) is 13.7 Å². The molecule has 0 aromatic carbocycles. The van der Waals surface area contributed by atoms with Crippen molar-refractivity contribution in [1.29, 1.82) is 0 Å². The number of aryl methyl sites for hydroxylation is 1. The summed E-state index contributed by atoms with van der Waals surface area (Å²) in [7, 11) is 0. The minimum atomic E-state index is -5.15. The van der Waals surface area contributed by atoms with Crippen LogP contribution in [0.4, 0.5) is 13.2 Å². The Labute approximate surface area is 91.9 Å². The molecule has 0 fully saturated rings. The molecule has 0 aliphatic carbocycles. The molecule has 0 unspecified atom stereocenters. The van der Waals surface area contributed by atoms with E-state index in [0.29, 0.717) is 0 Å². The predicted octanol–water partition coefficient (Wildman–Crippen LogP) is 3.48. The van der Waals surface area contributed by atoms with E-state index in [1.54, 1.807) is 0 Å². The Morgan fingerprint density at radius 3 is 2.69 bits per heavy atom. The molecule has 72 valence electrons. The van der Waals surface area contributed by atoms with E-state index in [0.717, 1.165) is 0 Å². The van der Waals surface area contributed by atoms with E-state index >= 15 is 0 Å². The summed E-state index contributed by atoms with van der Waals surface area (Å²) in [6.07, 6.45) is -5.15. The van der Waals surface area contributed by atoms with Crippen LogP contribution in [0.5, 0.6) is 0 Å². The van der Waals surface area contributed by atoms with E-state index in [1.165, 1.54) is 0 Å². The number of hydrogen-bond donors (Lipinski definition) is 0. The number of hydrogen-bond acceptors (Lipinski definition) is 1. The molecule has 0 radical (unpaired) electrons. The highest BCUT2D eigenvalue weighted by Crippen LogP contribution is 2.33. The van der Waals surface area contributed by atoms with Crippen molar-refractivity contribution in [3.05, 3.63) is 27.5 Å². The maximum atomic E-state index is 12.9. The minimum absolute atomic E-state index is 0.744. The monoisotopic (exact) mass is 260 g/mol. The molecule has 5 heteroatoms. The summed E-state index contributed by atoms with van der Waals surface area (Å²) in [5, 5.41) is 0. The minimum Gasteiger partial charge on any atom is -0.248 e. The van der Waals surface area contributed by atoms with Crippen LogP contribution in [-0.2, 0) is 6.18 Å². The van der Waals surface area contributed by atoms with Gasteiger partial charge in [0.05, 0.1) is 1.37 Å². The van der Waals surface area contributed by atoms with Gasteiger partial charge in [-0.1, -0.05) is 15.9 Å². The van der Waals surface area contributed by atoms with Crippen LogP contribution in [0.3, 0.4) is 0 Å². The molecule has 0 amide bonds. The zero-order chi connectivity index (χ0) is 16.1. The molecule has 1 aromatic heterocycles. The highest BCUT2D eigenvalue weighted by atomic mass is 79.9. The topological polar surface area (TPSA) is 12.9 Å². The van der Waals surface area contributed by atoms with Gasteiger partial charge in [-0.05, 0) is 25.3 Å². The Kier molecular flexibility index (Phi) is 1.09. The Hall–Kier alpha value is -0.580. The predicted molar refractivity (Wildman–Crippen MR) is 46.4 cm³/mol. The van der Waals surface area contributed by atoms with Gasteiger partial charge in [0.15, 0.2) is 0 Å². The van der Waals surface area contributed by atoms with Gasteiger partial charge in [-0.2, -0.15) is 13.2 Å². The highest BCUT2D eigenvalue weighted by Gasteiger charge is 2.35. The third kappa shape index (κ3) is 2.21. The van der Waals surface area contributed by atoms with Crippen molar-refractivity contribution in [2.45, 2.75) is 19.9 Å². The van der Waals surface area contributed by atoms with E-state index < -0.39 is 47.3 Å². The largest absolute Gasteiger partial charge is 0.433 e. The third-order valence-electron chi connectivity index (χ3n) is 1.18. The van der Waals surface area contributed by atoms with Crippen molar-refractivity contribution in [1.82, 2.24) is 4.98 Å². The summed E-state index contributed by atoms with van der Waals surface area (Å²) in [6, 6.07) is -0.899. The zero-order valence-electron chi connectivity index (χ0n) is 13.0. The molecular formula is C8H7BrF3N. The molecule has 0 atom stereocenters. The summed E-state index contributed by atoms with van der Waals surface area (Å²) < 4.78 is 87.9. The first kappa shape index (κ1) is 4.29. The van der Waals surface area contributed by atoms with Gasteiger partial charge in [-0.25, -0.2) is 4.98 Å². The Morgan fingerprint density at radius 1 is 1.54 bits per heavy atom. The quantitative estimate of drug-likeness (QED) is 0.696. The maximum absolute atomic E-state index is 12.9. The molecule has 0 aliphatic rings. The second-order valence-electron chi connectivity index (χ2n) is 2.12. The summed E-state index contributed by atoms with van der Waals surface area (Å²) in [4.78, 5) is 2.88. The van der Waals surface area contributed by atoms with Crippen molar-refractivity contribution >= 4 is 15.9 Å². The lowest BCUT2D eigenvalue weighted by molar-refractivity contribution is -0.141. The number of alkyl halides is 3. The van der Waals surface area contributed by atoms with Crippen molar-refractivity contribution in [2.75, 3.05) is 0 Å². The first-order valence-corrected chi connectivity index (χ1v) is 3.75. The lowest BCUT2D eigenvalue weighted by Crippen LogP contribution is -2.11. The van der Waals surface area contributed by atoms with Crippen LogP contribution in [0.2, 0.25) is 0 Å². The van der Waals surface area contributed by atoms with Gasteiger partial charge >= 0.3 is 6.18 Å². The van der Waals surface area contributed by atoms with E-state index in [2.05, 4.69) is 20.9 Å². The summed E-state index contributed by atoms with van der Waals surface area (Å²) in [5.74, 6) is 0. The van der Waals surface area contributed by atoms with Crippen molar-refractivity contribution in [3.63, 3.8) is 0 Å². The second-order valence-corrected chi connectivity index (χ2v) is 2.91. The zero-order valence-corrected chi connectivity index (χ0v) is 7.55. The average molecular weight is 261 g/mol. The van der Waals surface area contributed by atoms with Crippen molar-refractivity contribution in [3.8, 4) is 0 Å². The molecule has 1 rings (SSSR count). The van der Waals surface area contributed by atoms with Crippen LogP contribution in [0.1, 0.15) is 26.5 Å². The molecule has 0 bridgehead atoms. The van der Waals surface area contributed by atoms with Crippen LogP contribution >= 0.6 is 15.9 Å². The van der Waals surface area contributed by atoms with Gasteiger partial charge in [0.2, 0.25) is 0 Å².